The zero-order valence-electron chi connectivity index (χ0n) is 8.89. The first-order valence-electron chi connectivity index (χ1n) is 4.71. The molecule has 1 saturated heterocycles. The summed E-state index contributed by atoms with van der Waals surface area (Å²) in [6.07, 6.45) is 0.775. The third kappa shape index (κ3) is 3.15. The van der Waals surface area contributed by atoms with E-state index >= 15 is 0 Å². The number of methoxy groups -OCH3 is 1. The lowest BCUT2D eigenvalue weighted by Crippen LogP contribution is -2.36. The van der Waals surface area contributed by atoms with Crippen LogP contribution in [0.2, 0.25) is 0 Å². The molecule has 0 spiro atoms. The summed E-state index contributed by atoms with van der Waals surface area (Å²) in [4.78, 5) is 10.9. The lowest BCUT2D eigenvalue weighted by molar-refractivity contribution is -0.137. The van der Waals surface area contributed by atoms with Crippen LogP contribution in [0.4, 0.5) is 0 Å². The highest BCUT2D eigenvalue weighted by atomic mass is 32.2. The molecule has 0 saturated carbocycles. The largest absolute Gasteiger partial charge is 0.468 e. The minimum absolute atomic E-state index is 0.178. The van der Waals surface area contributed by atoms with Crippen molar-refractivity contribution in [2.24, 2.45) is 0 Å². The summed E-state index contributed by atoms with van der Waals surface area (Å²) in [7, 11) is -0.524. The van der Waals surface area contributed by atoms with E-state index in [0.29, 0.717) is 13.1 Å². The molecule has 15 heavy (non-hydrogen) atoms. The summed E-state index contributed by atoms with van der Waals surface area (Å²) in [5, 5.41) is 3.01. The maximum absolute atomic E-state index is 11.7. The van der Waals surface area contributed by atoms with Crippen LogP contribution in [-0.2, 0) is 19.6 Å². The fourth-order valence-electron chi connectivity index (χ4n) is 1.52. The second-order valence-corrected chi connectivity index (χ2v) is 5.43. The molecule has 0 amide bonds. The van der Waals surface area contributed by atoms with Crippen LogP contribution in [0.25, 0.3) is 0 Å². The van der Waals surface area contributed by atoms with E-state index in [0.717, 1.165) is 6.42 Å². The molecular formula is C8H16N2O4S. The van der Waals surface area contributed by atoms with Crippen molar-refractivity contribution in [3.05, 3.63) is 0 Å². The Balaban J connectivity index is 2.60. The van der Waals surface area contributed by atoms with Gasteiger partial charge in [0.1, 0.15) is 0 Å². The van der Waals surface area contributed by atoms with Crippen LogP contribution in [0, 0.1) is 0 Å². The number of hydrogen-bond acceptors (Lipinski definition) is 5. The van der Waals surface area contributed by atoms with E-state index in [4.69, 9.17) is 0 Å². The number of nitrogens with one attached hydrogen (secondary N) is 1. The van der Waals surface area contributed by atoms with Gasteiger partial charge in [-0.1, -0.05) is 0 Å². The standard InChI is InChI=1S/C8H16N2O4S/c1-9-7-3-4-10(5-7)15(12,13)6-8(11)14-2/h7,9H,3-6H2,1-2H3. The van der Waals surface area contributed by atoms with Gasteiger partial charge in [0.05, 0.1) is 7.11 Å². The first-order valence-corrected chi connectivity index (χ1v) is 6.32. The van der Waals surface area contributed by atoms with Crippen molar-refractivity contribution in [3.8, 4) is 0 Å². The number of carbonyl (C=O) groups is 1. The number of ether oxygens (including phenoxy) is 1. The Kier molecular flexibility index (Phi) is 4.06. The highest BCUT2D eigenvalue weighted by Crippen LogP contribution is 2.13. The molecule has 1 heterocycles. The molecule has 0 aromatic rings. The minimum Gasteiger partial charge on any atom is -0.468 e. The number of sulfonamides is 1. The molecule has 1 N–H and O–H groups in total. The van der Waals surface area contributed by atoms with Gasteiger partial charge in [0, 0.05) is 19.1 Å². The van der Waals surface area contributed by atoms with E-state index in [-0.39, 0.29) is 6.04 Å². The van der Waals surface area contributed by atoms with Gasteiger partial charge < -0.3 is 10.1 Å². The molecule has 0 aromatic carbocycles. The van der Waals surface area contributed by atoms with Crippen molar-refractivity contribution in [2.75, 3.05) is 33.0 Å². The predicted octanol–water partition coefficient (Wildman–Crippen LogP) is -1.22. The maximum atomic E-state index is 11.7. The topological polar surface area (TPSA) is 75.7 Å². The molecule has 1 atom stereocenters. The molecule has 1 unspecified atom stereocenters. The Morgan fingerprint density at radius 3 is 2.73 bits per heavy atom. The normalized spacial score (nSPS) is 22.9. The Hall–Kier alpha value is -0.660. The second-order valence-electron chi connectivity index (χ2n) is 3.46. The summed E-state index contributed by atoms with van der Waals surface area (Å²) >= 11 is 0. The first kappa shape index (κ1) is 12.4. The SMILES string of the molecule is CNC1CCN(S(=O)(=O)CC(=O)OC)C1. The predicted molar refractivity (Wildman–Crippen MR) is 54.8 cm³/mol. The molecule has 1 rings (SSSR count). The fraction of sp³-hybridized carbons (Fsp3) is 0.875. The molecular weight excluding hydrogens is 220 g/mol. The Morgan fingerprint density at radius 1 is 1.60 bits per heavy atom. The summed E-state index contributed by atoms with van der Waals surface area (Å²) in [5.41, 5.74) is 0. The van der Waals surface area contributed by atoms with Gasteiger partial charge in [-0.15, -0.1) is 0 Å². The molecule has 0 radical (unpaired) electrons. The van der Waals surface area contributed by atoms with Crippen LogP contribution in [0.3, 0.4) is 0 Å². The number of likely N-dealkylation sites (N-methyl/N-ethyl adjacent to an activating group) is 1. The third-order valence-corrected chi connectivity index (χ3v) is 4.20. The molecule has 1 fully saturated rings. The van der Waals surface area contributed by atoms with Gasteiger partial charge in [0.25, 0.3) is 0 Å². The van der Waals surface area contributed by atoms with Crippen LogP contribution in [0.5, 0.6) is 0 Å². The van der Waals surface area contributed by atoms with Gasteiger partial charge in [-0.3, -0.25) is 4.79 Å². The smallest absolute Gasteiger partial charge is 0.322 e. The maximum Gasteiger partial charge on any atom is 0.322 e. The number of hydrogen-bond donors (Lipinski definition) is 1. The zero-order chi connectivity index (χ0) is 11.5. The van der Waals surface area contributed by atoms with Gasteiger partial charge in [-0.25, -0.2) is 8.42 Å². The summed E-state index contributed by atoms with van der Waals surface area (Å²) < 4.78 is 29.0. The number of carbonyl (C=O) groups excluding carboxylic acids is 1. The number of esters is 1. The van der Waals surface area contributed by atoms with Crippen molar-refractivity contribution in [1.82, 2.24) is 9.62 Å². The molecule has 0 aliphatic carbocycles. The zero-order valence-corrected chi connectivity index (χ0v) is 9.71. The molecule has 0 bridgehead atoms. The lowest BCUT2D eigenvalue weighted by Gasteiger charge is -2.15. The summed E-state index contributed by atoms with van der Waals surface area (Å²) in [5.74, 6) is -1.29. The summed E-state index contributed by atoms with van der Waals surface area (Å²) in [6.45, 7) is 0.890. The Labute approximate surface area is 89.6 Å². The van der Waals surface area contributed by atoms with Crippen molar-refractivity contribution in [2.45, 2.75) is 12.5 Å². The summed E-state index contributed by atoms with van der Waals surface area (Å²) in [6, 6.07) is 0.178. The van der Waals surface area contributed by atoms with E-state index in [1.54, 1.807) is 7.05 Å². The Morgan fingerprint density at radius 2 is 2.27 bits per heavy atom. The highest BCUT2D eigenvalue weighted by molar-refractivity contribution is 7.89. The van der Waals surface area contributed by atoms with Crippen molar-refractivity contribution in [1.29, 1.82) is 0 Å². The monoisotopic (exact) mass is 236 g/mol. The van der Waals surface area contributed by atoms with Crippen LogP contribution < -0.4 is 5.32 Å². The second kappa shape index (κ2) is 4.91. The third-order valence-electron chi connectivity index (χ3n) is 2.48. The number of rotatable bonds is 4. The van der Waals surface area contributed by atoms with Gasteiger partial charge >= 0.3 is 5.97 Å². The first-order chi connectivity index (χ1) is 6.99. The van der Waals surface area contributed by atoms with E-state index in [9.17, 15) is 13.2 Å². The Bertz CT molecular complexity index is 328. The molecule has 0 aromatic heterocycles. The highest BCUT2D eigenvalue weighted by Gasteiger charge is 2.32. The van der Waals surface area contributed by atoms with Crippen LogP contribution >= 0.6 is 0 Å². The van der Waals surface area contributed by atoms with Crippen LogP contribution in [0.1, 0.15) is 6.42 Å². The lowest BCUT2D eigenvalue weighted by atomic mass is 10.3. The average molecular weight is 236 g/mol. The van der Waals surface area contributed by atoms with Gasteiger partial charge in [-0.05, 0) is 13.5 Å². The molecule has 6 nitrogen and oxygen atoms in total. The van der Waals surface area contributed by atoms with Crippen molar-refractivity contribution in [3.63, 3.8) is 0 Å². The minimum atomic E-state index is -3.50. The van der Waals surface area contributed by atoms with Crippen molar-refractivity contribution >= 4 is 16.0 Å². The van der Waals surface area contributed by atoms with Gasteiger partial charge in [0.2, 0.25) is 10.0 Å². The molecule has 88 valence electrons. The van der Waals surface area contributed by atoms with E-state index in [1.807, 2.05) is 0 Å². The van der Waals surface area contributed by atoms with E-state index in [2.05, 4.69) is 10.1 Å². The molecule has 1 aliphatic rings. The van der Waals surface area contributed by atoms with E-state index in [1.165, 1.54) is 11.4 Å². The van der Waals surface area contributed by atoms with Crippen LogP contribution in [-0.4, -0.2) is 57.7 Å². The van der Waals surface area contributed by atoms with Crippen LogP contribution in [0.15, 0.2) is 0 Å². The van der Waals surface area contributed by atoms with E-state index < -0.39 is 21.7 Å². The van der Waals surface area contributed by atoms with Crippen molar-refractivity contribution < 1.29 is 17.9 Å². The fourth-order valence-corrected chi connectivity index (χ4v) is 2.90. The number of nitrogens with zero attached hydrogens (tertiary/aromatic N) is 1. The average Bonchev–Trinajstić information content (AvgIpc) is 2.65. The van der Waals surface area contributed by atoms with Gasteiger partial charge in [0.15, 0.2) is 5.75 Å². The molecule has 7 heteroatoms. The quantitative estimate of drug-likeness (QED) is 0.619. The van der Waals surface area contributed by atoms with Gasteiger partial charge in [-0.2, -0.15) is 4.31 Å². The molecule has 1 aliphatic heterocycles.